The summed E-state index contributed by atoms with van der Waals surface area (Å²) in [5.74, 6) is 0. The van der Waals surface area contributed by atoms with Gasteiger partial charge in [0.1, 0.15) is 0 Å². The number of likely N-dealkylation sites (N-methyl/N-ethyl adjacent to an activating group) is 2. The summed E-state index contributed by atoms with van der Waals surface area (Å²) in [6.07, 6.45) is 6.82. The van der Waals surface area contributed by atoms with Gasteiger partial charge in [0, 0.05) is 25.3 Å². The van der Waals surface area contributed by atoms with E-state index >= 15 is 0 Å². The first kappa shape index (κ1) is 13.1. The molecule has 5 heteroatoms. The summed E-state index contributed by atoms with van der Waals surface area (Å²) >= 11 is 0. The van der Waals surface area contributed by atoms with Gasteiger partial charge >= 0.3 is 0 Å². The van der Waals surface area contributed by atoms with Crippen LogP contribution in [-0.4, -0.2) is 53.8 Å². The summed E-state index contributed by atoms with van der Waals surface area (Å²) in [6.45, 7) is 6.01. The molecule has 1 aromatic heterocycles. The van der Waals surface area contributed by atoms with Crippen LogP contribution < -0.4 is 5.32 Å². The molecule has 1 N–H and O–H groups in total. The third kappa shape index (κ3) is 2.55. The Labute approximate surface area is 114 Å². The minimum Gasteiger partial charge on any atom is -0.374 e. The quantitative estimate of drug-likeness (QED) is 0.868. The van der Waals surface area contributed by atoms with Gasteiger partial charge in [0.2, 0.25) is 0 Å². The molecule has 1 aliphatic carbocycles. The Hall–Kier alpha value is -0.910. The van der Waals surface area contributed by atoms with Gasteiger partial charge in [0.25, 0.3) is 0 Å². The van der Waals surface area contributed by atoms with E-state index in [0.29, 0.717) is 12.1 Å². The summed E-state index contributed by atoms with van der Waals surface area (Å²) in [5.41, 5.74) is 1.32. The highest BCUT2D eigenvalue weighted by Crippen LogP contribution is 2.39. The van der Waals surface area contributed by atoms with Gasteiger partial charge in [-0.05, 0) is 26.4 Å². The topological polar surface area (TPSA) is 42.3 Å². The maximum absolute atomic E-state index is 6.00. The normalized spacial score (nSPS) is 28.7. The predicted octanol–water partition coefficient (Wildman–Crippen LogP) is 1.20. The van der Waals surface area contributed by atoms with E-state index in [1.54, 1.807) is 0 Å². The second-order valence-electron chi connectivity index (χ2n) is 5.50. The molecule has 0 amide bonds. The van der Waals surface area contributed by atoms with Crippen LogP contribution in [-0.2, 0) is 4.74 Å². The lowest BCUT2D eigenvalue weighted by Crippen LogP contribution is -2.49. The lowest BCUT2D eigenvalue weighted by atomic mass is 10.0. The number of aromatic nitrogens is 2. The molecule has 2 atom stereocenters. The fourth-order valence-corrected chi connectivity index (χ4v) is 3.09. The van der Waals surface area contributed by atoms with Crippen LogP contribution in [0.1, 0.15) is 37.5 Å². The molecule has 106 valence electrons. The van der Waals surface area contributed by atoms with E-state index in [1.807, 2.05) is 19.6 Å². The highest BCUT2D eigenvalue weighted by molar-refractivity contribution is 5.12. The Morgan fingerprint density at radius 3 is 3.00 bits per heavy atom. The zero-order valence-corrected chi connectivity index (χ0v) is 11.9. The Bertz CT molecular complexity index is 413. The predicted molar refractivity (Wildman–Crippen MR) is 74.2 cm³/mol. The molecule has 2 fully saturated rings. The molecule has 0 spiro atoms. The second-order valence-corrected chi connectivity index (χ2v) is 5.50. The van der Waals surface area contributed by atoms with Gasteiger partial charge in [-0.2, -0.15) is 0 Å². The summed E-state index contributed by atoms with van der Waals surface area (Å²) in [5, 5.41) is 3.26. The van der Waals surface area contributed by atoms with E-state index in [-0.39, 0.29) is 6.10 Å². The molecule has 19 heavy (non-hydrogen) atoms. The number of imidazole rings is 1. The lowest BCUT2D eigenvalue weighted by Gasteiger charge is -2.41. The molecule has 1 aliphatic heterocycles. The van der Waals surface area contributed by atoms with Gasteiger partial charge in [-0.1, -0.05) is 6.92 Å². The van der Waals surface area contributed by atoms with E-state index in [0.717, 1.165) is 26.2 Å². The Balaban J connectivity index is 1.89. The monoisotopic (exact) mass is 264 g/mol. The molecule has 0 radical (unpaired) electrons. The minimum atomic E-state index is 0.216. The third-order valence-corrected chi connectivity index (χ3v) is 4.21. The molecular formula is C14H24N4O. The standard InChI is InChI=1S/C14H24N4O/c1-3-17-6-7-19-13(9-15-2)14(17)12-8-16-10-18(12)11-4-5-11/h8,10-11,13-15H,3-7,9H2,1-2H3. The van der Waals surface area contributed by atoms with Crippen LogP contribution >= 0.6 is 0 Å². The van der Waals surface area contributed by atoms with Crippen molar-refractivity contribution in [1.82, 2.24) is 19.8 Å². The number of nitrogens with one attached hydrogen (secondary N) is 1. The van der Waals surface area contributed by atoms with Crippen molar-refractivity contribution in [3.8, 4) is 0 Å². The SMILES string of the molecule is CCN1CCOC(CNC)C1c1cncn1C1CC1. The van der Waals surface area contributed by atoms with Crippen molar-refractivity contribution in [2.75, 3.05) is 33.3 Å². The average molecular weight is 264 g/mol. The maximum Gasteiger partial charge on any atom is 0.0951 e. The molecular weight excluding hydrogens is 240 g/mol. The number of ether oxygens (including phenoxy) is 1. The first-order chi connectivity index (χ1) is 9.35. The minimum absolute atomic E-state index is 0.216. The van der Waals surface area contributed by atoms with Crippen LogP contribution in [0.2, 0.25) is 0 Å². The van der Waals surface area contributed by atoms with Crippen molar-refractivity contribution in [3.63, 3.8) is 0 Å². The van der Waals surface area contributed by atoms with E-state index < -0.39 is 0 Å². The average Bonchev–Trinajstić information content (AvgIpc) is 3.17. The molecule has 1 saturated carbocycles. The van der Waals surface area contributed by atoms with Gasteiger partial charge in [0.15, 0.2) is 0 Å². The Morgan fingerprint density at radius 2 is 2.32 bits per heavy atom. The number of nitrogens with zero attached hydrogens (tertiary/aromatic N) is 3. The summed E-state index contributed by atoms with van der Waals surface area (Å²) in [6, 6.07) is 1.00. The molecule has 2 unspecified atom stereocenters. The summed E-state index contributed by atoms with van der Waals surface area (Å²) < 4.78 is 8.36. The van der Waals surface area contributed by atoms with Crippen molar-refractivity contribution in [3.05, 3.63) is 18.2 Å². The van der Waals surface area contributed by atoms with Crippen LogP contribution in [0.4, 0.5) is 0 Å². The molecule has 3 rings (SSSR count). The van der Waals surface area contributed by atoms with Crippen molar-refractivity contribution >= 4 is 0 Å². The number of hydrogen-bond donors (Lipinski definition) is 1. The van der Waals surface area contributed by atoms with Crippen LogP contribution in [0.15, 0.2) is 12.5 Å². The molecule has 2 heterocycles. The zero-order valence-electron chi connectivity index (χ0n) is 11.9. The lowest BCUT2D eigenvalue weighted by molar-refractivity contribution is -0.0710. The van der Waals surface area contributed by atoms with E-state index in [1.165, 1.54) is 18.5 Å². The summed E-state index contributed by atoms with van der Waals surface area (Å²) in [4.78, 5) is 6.90. The molecule has 1 aromatic rings. The molecule has 1 saturated heterocycles. The van der Waals surface area contributed by atoms with Crippen LogP contribution in [0, 0.1) is 0 Å². The van der Waals surface area contributed by atoms with Gasteiger partial charge in [-0.3, -0.25) is 4.90 Å². The fourth-order valence-electron chi connectivity index (χ4n) is 3.09. The van der Waals surface area contributed by atoms with Crippen LogP contribution in [0.5, 0.6) is 0 Å². The summed E-state index contributed by atoms with van der Waals surface area (Å²) in [7, 11) is 1.99. The number of rotatable bonds is 5. The first-order valence-corrected chi connectivity index (χ1v) is 7.37. The fraction of sp³-hybridized carbons (Fsp3) is 0.786. The largest absolute Gasteiger partial charge is 0.374 e. The van der Waals surface area contributed by atoms with Gasteiger partial charge in [-0.15, -0.1) is 0 Å². The molecule has 2 aliphatic rings. The maximum atomic E-state index is 6.00. The number of morpholine rings is 1. The highest BCUT2D eigenvalue weighted by atomic mass is 16.5. The molecule has 5 nitrogen and oxygen atoms in total. The van der Waals surface area contributed by atoms with Crippen LogP contribution in [0.25, 0.3) is 0 Å². The van der Waals surface area contributed by atoms with Gasteiger partial charge in [-0.25, -0.2) is 4.98 Å². The number of hydrogen-bond acceptors (Lipinski definition) is 4. The van der Waals surface area contributed by atoms with Crippen LogP contribution in [0.3, 0.4) is 0 Å². The van der Waals surface area contributed by atoms with Crippen molar-refractivity contribution in [2.24, 2.45) is 0 Å². The van der Waals surface area contributed by atoms with Gasteiger partial charge in [0.05, 0.1) is 30.8 Å². The molecule has 0 bridgehead atoms. The second kappa shape index (κ2) is 5.61. The third-order valence-electron chi connectivity index (χ3n) is 4.21. The van der Waals surface area contributed by atoms with E-state index in [2.05, 4.69) is 26.7 Å². The Kier molecular flexibility index (Phi) is 3.86. The van der Waals surface area contributed by atoms with Crippen molar-refractivity contribution in [2.45, 2.75) is 38.0 Å². The first-order valence-electron chi connectivity index (χ1n) is 7.37. The Morgan fingerprint density at radius 1 is 1.47 bits per heavy atom. The van der Waals surface area contributed by atoms with Crippen molar-refractivity contribution < 1.29 is 4.74 Å². The van der Waals surface area contributed by atoms with E-state index in [9.17, 15) is 0 Å². The van der Waals surface area contributed by atoms with Crippen molar-refractivity contribution in [1.29, 1.82) is 0 Å². The van der Waals surface area contributed by atoms with Gasteiger partial charge < -0.3 is 14.6 Å². The highest BCUT2D eigenvalue weighted by Gasteiger charge is 2.36. The van der Waals surface area contributed by atoms with E-state index in [4.69, 9.17) is 4.74 Å². The smallest absolute Gasteiger partial charge is 0.0951 e. The molecule has 0 aromatic carbocycles. The zero-order chi connectivity index (χ0) is 13.2.